The van der Waals surface area contributed by atoms with Gasteiger partial charge in [-0.15, -0.1) is 0 Å². The predicted octanol–water partition coefficient (Wildman–Crippen LogP) is 4.74. The number of ketones is 1. The fraction of sp³-hybridized carbons (Fsp3) is 0.250. The van der Waals surface area contributed by atoms with E-state index in [1.54, 1.807) is 25.3 Å². The molecule has 0 bridgehead atoms. The van der Waals surface area contributed by atoms with E-state index in [0.29, 0.717) is 22.7 Å². The summed E-state index contributed by atoms with van der Waals surface area (Å²) in [4.78, 5) is 24.6. The van der Waals surface area contributed by atoms with E-state index < -0.39 is 6.04 Å². The molecule has 30 heavy (non-hydrogen) atoms. The van der Waals surface area contributed by atoms with Crippen LogP contribution in [0.4, 0.5) is 11.4 Å². The molecule has 0 aliphatic carbocycles. The summed E-state index contributed by atoms with van der Waals surface area (Å²) in [6.45, 7) is 7.22. The van der Waals surface area contributed by atoms with Crippen LogP contribution in [0.15, 0.2) is 54.6 Å². The number of nitrogens with zero attached hydrogens (tertiary/aromatic N) is 1. The van der Waals surface area contributed by atoms with Crippen molar-refractivity contribution in [3.05, 3.63) is 71.5 Å². The quantitative estimate of drug-likeness (QED) is 0.557. The smallest absolute Gasteiger partial charge is 0.221 e. The van der Waals surface area contributed by atoms with E-state index in [-0.39, 0.29) is 11.7 Å². The lowest BCUT2D eigenvalue weighted by Gasteiger charge is -2.18. The second-order valence-electron chi connectivity index (χ2n) is 7.28. The zero-order valence-electron chi connectivity index (χ0n) is 17.9. The zero-order chi connectivity index (χ0) is 21.8. The number of aryl methyl sites for hydroxylation is 1. The first-order valence-corrected chi connectivity index (χ1v) is 9.82. The summed E-state index contributed by atoms with van der Waals surface area (Å²) in [5, 5.41) is 5.98. The molecule has 156 valence electrons. The predicted molar refractivity (Wildman–Crippen MR) is 120 cm³/mol. The Morgan fingerprint density at radius 3 is 2.37 bits per heavy atom. The number of aromatic nitrogens is 1. The van der Waals surface area contributed by atoms with Gasteiger partial charge >= 0.3 is 0 Å². The summed E-state index contributed by atoms with van der Waals surface area (Å²) in [7, 11) is 1.57. The van der Waals surface area contributed by atoms with Gasteiger partial charge in [0, 0.05) is 35.2 Å². The van der Waals surface area contributed by atoms with Gasteiger partial charge in [-0.05, 0) is 57.2 Å². The molecule has 0 radical (unpaired) electrons. The van der Waals surface area contributed by atoms with E-state index >= 15 is 0 Å². The SMILES string of the molecule is COc1ccc(NC(C)=O)cc1NC(C)C(=O)c1cc(C)n(-c2ccccc2)c1C. The fourth-order valence-electron chi connectivity index (χ4n) is 3.62. The average molecular weight is 405 g/mol. The van der Waals surface area contributed by atoms with Crippen LogP contribution in [0.2, 0.25) is 0 Å². The van der Waals surface area contributed by atoms with Crippen LogP contribution in [-0.4, -0.2) is 29.4 Å². The molecule has 2 aromatic carbocycles. The number of hydrogen-bond donors (Lipinski definition) is 2. The third-order valence-electron chi connectivity index (χ3n) is 5.00. The lowest BCUT2D eigenvalue weighted by atomic mass is 10.1. The van der Waals surface area contributed by atoms with E-state index in [0.717, 1.165) is 17.1 Å². The minimum absolute atomic E-state index is 0.0164. The number of Topliss-reactive ketones (excluding diaryl/α,β-unsaturated/α-hetero) is 1. The molecule has 1 heterocycles. The Kier molecular flexibility index (Phi) is 6.26. The fourth-order valence-corrected chi connectivity index (χ4v) is 3.62. The topological polar surface area (TPSA) is 72.4 Å². The van der Waals surface area contributed by atoms with Gasteiger partial charge in [0.1, 0.15) is 5.75 Å². The van der Waals surface area contributed by atoms with Crippen molar-refractivity contribution in [3.63, 3.8) is 0 Å². The Labute approximate surface area is 176 Å². The normalized spacial score (nSPS) is 11.6. The Bertz CT molecular complexity index is 1070. The standard InChI is InChI=1S/C24H27N3O3/c1-15-13-21(17(3)27(15)20-9-7-6-8-10-20)24(29)16(2)25-22-14-19(26-18(4)28)11-12-23(22)30-5/h6-14,16,25H,1-5H3,(H,26,28). The number of anilines is 2. The molecule has 6 heteroatoms. The third kappa shape index (κ3) is 4.38. The number of hydrogen-bond acceptors (Lipinski definition) is 4. The van der Waals surface area contributed by atoms with Gasteiger partial charge in [0.25, 0.3) is 0 Å². The van der Waals surface area contributed by atoms with Crippen LogP contribution in [0.25, 0.3) is 5.69 Å². The number of ether oxygens (including phenoxy) is 1. The first kappa shape index (κ1) is 21.2. The highest BCUT2D eigenvalue weighted by Gasteiger charge is 2.22. The number of carbonyl (C=O) groups excluding carboxylic acids is 2. The number of amides is 1. The van der Waals surface area contributed by atoms with Gasteiger partial charge in [0.15, 0.2) is 5.78 Å². The molecule has 2 N–H and O–H groups in total. The molecule has 6 nitrogen and oxygen atoms in total. The van der Waals surface area contributed by atoms with Gasteiger partial charge in [0.2, 0.25) is 5.91 Å². The molecule has 3 aromatic rings. The van der Waals surface area contributed by atoms with Gasteiger partial charge < -0.3 is 19.9 Å². The molecule has 1 amide bonds. The van der Waals surface area contributed by atoms with Crippen molar-refractivity contribution >= 4 is 23.1 Å². The zero-order valence-corrected chi connectivity index (χ0v) is 17.9. The average Bonchev–Trinajstić information content (AvgIpc) is 3.01. The number of carbonyl (C=O) groups is 2. The third-order valence-corrected chi connectivity index (χ3v) is 5.00. The summed E-state index contributed by atoms with van der Waals surface area (Å²) >= 11 is 0. The molecule has 0 aliphatic rings. The van der Waals surface area contributed by atoms with Gasteiger partial charge in [-0.1, -0.05) is 18.2 Å². The van der Waals surface area contributed by atoms with Crippen molar-refractivity contribution in [2.45, 2.75) is 33.7 Å². The van der Waals surface area contributed by atoms with Crippen LogP contribution in [0, 0.1) is 13.8 Å². The van der Waals surface area contributed by atoms with Crippen LogP contribution in [-0.2, 0) is 4.79 Å². The number of methoxy groups -OCH3 is 1. The summed E-state index contributed by atoms with van der Waals surface area (Å²) in [6, 6.07) is 16.7. The van der Waals surface area contributed by atoms with Gasteiger partial charge in [-0.2, -0.15) is 0 Å². The second-order valence-corrected chi connectivity index (χ2v) is 7.28. The van der Waals surface area contributed by atoms with Gasteiger partial charge in [-0.3, -0.25) is 9.59 Å². The number of benzene rings is 2. The summed E-state index contributed by atoms with van der Waals surface area (Å²) in [5.41, 5.74) is 4.87. The maximum atomic E-state index is 13.2. The van der Waals surface area contributed by atoms with Crippen molar-refractivity contribution in [1.82, 2.24) is 4.57 Å². The largest absolute Gasteiger partial charge is 0.495 e. The lowest BCUT2D eigenvalue weighted by Crippen LogP contribution is -2.27. The molecule has 0 saturated carbocycles. The minimum Gasteiger partial charge on any atom is -0.495 e. The van der Waals surface area contributed by atoms with E-state index in [1.165, 1.54) is 6.92 Å². The summed E-state index contributed by atoms with van der Waals surface area (Å²) in [5.74, 6) is 0.416. The Hall–Kier alpha value is -3.54. The Morgan fingerprint density at radius 2 is 1.73 bits per heavy atom. The highest BCUT2D eigenvalue weighted by molar-refractivity contribution is 6.03. The monoisotopic (exact) mass is 405 g/mol. The van der Waals surface area contributed by atoms with Crippen LogP contribution in [0.3, 0.4) is 0 Å². The van der Waals surface area contributed by atoms with E-state index in [9.17, 15) is 9.59 Å². The first-order chi connectivity index (χ1) is 14.3. The van der Waals surface area contributed by atoms with E-state index in [1.807, 2.05) is 57.2 Å². The molecule has 0 fully saturated rings. The van der Waals surface area contributed by atoms with Crippen molar-refractivity contribution in [2.24, 2.45) is 0 Å². The van der Waals surface area contributed by atoms with Gasteiger partial charge in [-0.25, -0.2) is 0 Å². The molecular formula is C24H27N3O3. The van der Waals surface area contributed by atoms with Crippen molar-refractivity contribution in [1.29, 1.82) is 0 Å². The van der Waals surface area contributed by atoms with Crippen molar-refractivity contribution in [3.8, 4) is 11.4 Å². The van der Waals surface area contributed by atoms with Gasteiger partial charge in [0.05, 0.1) is 18.8 Å². The van der Waals surface area contributed by atoms with Crippen molar-refractivity contribution in [2.75, 3.05) is 17.7 Å². The lowest BCUT2D eigenvalue weighted by molar-refractivity contribution is -0.114. The van der Waals surface area contributed by atoms with Crippen LogP contribution in [0.1, 0.15) is 35.6 Å². The first-order valence-electron chi connectivity index (χ1n) is 9.82. The summed E-state index contributed by atoms with van der Waals surface area (Å²) in [6.07, 6.45) is 0. The maximum Gasteiger partial charge on any atom is 0.221 e. The molecule has 3 rings (SSSR count). The number of nitrogens with one attached hydrogen (secondary N) is 2. The van der Waals surface area contributed by atoms with Crippen LogP contribution in [0.5, 0.6) is 5.75 Å². The molecule has 1 atom stereocenters. The Morgan fingerprint density at radius 1 is 1.03 bits per heavy atom. The highest BCUT2D eigenvalue weighted by Crippen LogP contribution is 2.29. The maximum absolute atomic E-state index is 13.2. The molecule has 1 unspecified atom stereocenters. The molecular weight excluding hydrogens is 378 g/mol. The molecule has 0 spiro atoms. The number of rotatable bonds is 7. The van der Waals surface area contributed by atoms with E-state index in [2.05, 4.69) is 15.2 Å². The molecule has 1 aromatic heterocycles. The molecule has 0 aliphatic heterocycles. The van der Waals surface area contributed by atoms with Crippen LogP contribution < -0.4 is 15.4 Å². The molecule has 0 saturated heterocycles. The van der Waals surface area contributed by atoms with Crippen molar-refractivity contribution < 1.29 is 14.3 Å². The highest BCUT2D eigenvalue weighted by atomic mass is 16.5. The Balaban J connectivity index is 1.88. The van der Waals surface area contributed by atoms with Crippen LogP contribution >= 0.6 is 0 Å². The summed E-state index contributed by atoms with van der Waals surface area (Å²) < 4.78 is 7.49. The second kappa shape index (κ2) is 8.86. The minimum atomic E-state index is -0.490. The number of para-hydroxylation sites is 1. The van der Waals surface area contributed by atoms with E-state index in [4.69, 9.17) is 4.74 Å².